The lowest BCUT2D eigenvalue weighted by Crippen LogP contribution is -2.37. The topological polar surface area (TPSA) is 36.4 Å². The number of rotatable bonds is 3. The maximum absolute atomic E-state index is 11.4. The zero-order valence-corrected chi connectivity index (χ0v) is 15.5. The molecule has 0 atom stereocenters. The minimum Gasteiger partial charge on any atom is -0.363 e. The van der Waals surface area contributed by atoms with Gasteiger partial charge in [0.05, 0.1) is 0 Å². The van der Waals surface area contributed by atoms with Crippen LogP contribution in [0.25, 0.3) is 0 Å². The zero-order valence-electron chi connectivity index (χ0n) is 15.5. The van der Waals surface area contributed by atoms with Gasteiger partial charge in [-0.3, -0.25) is 4.79 Å². The Balaban J connectivity index is 2.13. The maximum atomic E-state index is 11.4. The van der Waals surface area contributed by atoms with Crippen LogP contribution in [-0.2, 0) is 16.6 Å². The van der Waals surface area contributed by atoms with E-state index in [1.54, 1.807) is 6.92 Å². The van der Waals surface area contributed by atoms with E-state index >= 15 is 0 Å². The van der Waals surface area contributed by atoms with Gasteiger partial charge in [-0.15, -0.1) is 0 Å². The van der Waals surface area contributed by atoms with Gasteiger partial charge < -0.3 is 9.80 Å². The van der Waals surface area contributed by atoms with E-state index in [1.165, 1.54) is 11.3 Å². The van der Waals surface area contributed by atoms with Crippen molar-refractivity contribution in [1.82, 2.24) is 9.88 Å². The molecule has 1 amide bonds. The highest BCUT2D eigenvalue weighted by molar-refractivity contribution is 5.73. The average molecular weight is 317 g/mol. The van der Waals surface area contributed by atoms with Crippen LogP contribution in [-0.4, -0.2) is 43.0 Å². The van der Waals surface area contributed by atoms with E-state index < -0.39 is 0 Å². The summed E-state index contributed by atoms with van der Waals surface area (Å²) in [5.74, 6) is 1.86. The molecular weight excluding hydrogens is 286 g/mol. The van der Waals surface area contributed by atoms with Gasteiger partial charge in [0.15, 0.2) is 0 Å². The molecule has 0 aromatic carbocycles. The Morgan fingerprint density at radius 2 is 1.87 bits per heavy atom. The van der Waals surface area contributed by atoms with Crippen LogP contribution in [0, 0.1) is 5.92 Å². The Morgan fingerprint density at radius 1 is 1.26 bits per heavy atom. The van der Waals surface area contributed by atoms with E-state index in [0.29, 0.717) is 5.92 Å². The predicted octanol–water partition coefficient (Wildman–Crippen LogP) is 3.25. The van der Waals surface area contributed by atoms with Crippen LogP contribution in [0.3, 0.4) is 0 Å². The Hall–Kier alpha value is -1.58. The van der Waals surface area contributed by atoms with Crippen molar-refractivity contribution in [2.45, 2.75) is 52.4 Å². The zero-order chi connectivity index (χ0) is 17.2. The van der Waals surface area contributed by atoms with Crippen molar-refractivity contribution >= 4 is 11.7 Å². The van der Waals surface area contributed by atoms with Crippen molar-refractivity contribution < 1.29 is 4.79 Å². The Kier molecular flexibility index (Phi) is 5.33. The van der Waals surface area contributed by atoms with E-state index in [9.17, 15) is 4.79 Å². The summed E-state index contributed by atoms with van der Waals surface area (Å²) < 4.78 is 0. The fourth-order valence-corrected chi connectivity index (χ4v) is 3.09. The van der Waals surface area contributed by atoms with Crippen LogP contribution >= 0.6 is 0 Å². The molecule has 1 aliphatic heterocycles. The molecule has 1 fully saturated rings. The summed E-state index contributed by atoms with van der Waals surface area (Å²) in [5, 5.41) is 0. The van der Waals surface area contributed by atoms with Crippen molar-refractivity contribution in [3.05, 3.63) is 23.4 Å². The van der Waals surface area contributed by atoms with Crippen LogP contribution in [0.4, 0.5) is 5.82 Å². The van der Waals surface area contributed by atoms with Crippen molar-refractivity contribution in [3.8, 4) is 0 Å². The molecule has 4 heteroatoms. The Labute approximate surface area is 140 Å². The molecule has 0 radical (unpaired) electrons. The van der Waals surface area contributed by atoms with E-state index in [0.717, 1.165) is 38.2 Å². The number of hydrogen-bond acceptors (Lipinski definition) is 3. The van der Waals surface area contributed by atoms with E-state index in [2.05, 4.69) is 37.8 Å². The molecule has 0 N–H and O–H groups in total. The summed E-state index contributed by atoms with van der Waals surface area (Å²) in [6.07, 6.45) is 3.17. The standard InChI is InChI=1S/C19H31N3O/c1-14(23)22-9-7-15(8-10-22)11-17-12-16(19(2,3)4)13-18(20-17)21(5)6/h12-13,15H,7-11H2,1-6H3. The largest absolute Gasteiger partial charge is 0.363 e. The van der Waals surface area contributed by atoms with Gasteiger partial charge in [-0.05, 0) is 48.3 Å². The molecule has 2 heterocycles. The average Bonchev–Trinajstić information content (AvgIpc) is 2.46. The van der Waals surface area contributed by atoms with Crippen LogP contribution < -0.4 is 4.90 Å². The van der Waals surface area contributed by atoms with Gasteiger partial charge in [-0.2, -0.15) is 0 Å². The van der Waals surface area contributed by atoms with Gasteiger partial charge in [0, 0.05) is 39.8 Å². The number of amides is 1. The molecule has 0 aliphatic carbocycles. The van der Waals surface area contributed by atoms with Crippen molar-refractivity contribution in [2.24, 2.45) is 5.92 Å². The minimum absolute atomic E-state index is 0.125. The van der Waals surface area contributed by atoms with Gasteiger partial charge >= 0.3 is 0 Å². The third-order valence-corrected chi connectivity index (χ3v) is 4.75. The van der Waals surface area contributed by atoms with Gasteiger partial charge in [0.1, 0.15) is 5.82 Å². The smallest absolute Gasteiger partial charge is 0.219 e. The third kappa shape index (κ3) is 4.69. The normalized spacial score (nSPS) is 16.5. The van der Waals surface area contributed by atoms with Gasteiger partial charge in [-0.25, -0.2) is 4.98 Å². The number of piperidine rings is 1. The van der Waals surface area contributed by atoms with Crippen molar-refractivity contribution in [1.29, 1.82) is 0 Å². The lowest BCUT2D eigenvalue weighted by atomic mass is 9.85. The van der Waals surface area contributed by atoms with Crippen LogP contribution in [0.5, 0.6) is 0 Å². The summed E-state index contributed by atoms with van der Waals surface area (Å²) in [6.45, 7) is 10.2. The first-order valence-corrected chi connectivity index (χ1v) is 8.61. The molecule has 2 rings (SSSR count). The summed E-state index contributed by atoms with van der Waals surface area (Å²) in [7, 11) is 4.09. The predicted molar refractivity (Wildman–Crippen MR) is 95.9 cm³/mol. The molecule has 128 valence electrons. The first kappa shape index (κ1) is 17.8. The quantitative estimate of drug-likeness (QED) is 0.858. The van der Waals surface area contributed by atoms with Gasteiger partial charge in [0.2, 0.25) is 5.91 Å². The number of likely N-dealkylation sites (tertiary alicyclic amines) is 1. The molecule has 1 aliphatic rings. The van der Waals surface area contributed by atoms with Gasteiger partial charge in [-0.1, -0.05) is 20.8 Å². The van der Waals surface area contributed by atoms with Crippen LogP contribution in [0.2, 0.25) is 0 Å². The molecule has 0 saturated carbocycles. The number of carbonyl (C=O) groups is 1. The van der Waals surface area contributed by atoms with Crippen molar-refractivity contribution in [2.75, 3.05) is 32.1 Å². The molecule has 23 heavy (non-hydrogen) atoms. The fourth-order valence-electron chi connectivity index (χ4n) is 3.09. The highest BCUT2D eigenvalue weighted by Gasteiger charge is 2.23. The molecule has 0 bridgehead atoms. The molecule has 1 aromatic heterocycles. The molecule has 0 spiro atoms. The molecule has 1 aromatic rings. The van der Waals surface area contributed by atoms with E-state index in [-0.39, 0.29) is 11.3 Å². The Morgan fingerprint density at radius 3 is 2.35 bits per heavy atom. The molecule has 1 saturated heterocycles. The second-order valence-electron chi connectivity index (χ2n) is 8.00. The monoisotopic (exact) mass is 317 g/mol. The fraction of sp³-hybridized carbons (Fsp3) is 0.684. The third-order valence-electron chi connectivity index (χ3n) is 4.75. The van der Waals surface area contributed by atoms with E-state index in [1.807, 2.05) is 19.0 Å². The van der Waals surface area contributed by atoms with E-state index in [4.69, 9.17) is 4.98 Å². The maximum Gasteiger partial charge on any atom is 0.219 e. The summed E-state index contributed by atoms with van der Waals surface area (Å²) in [4.78, 5) is 20.3. The molecule has 0 unspecified atom stereocenters. The summed E-state index contributed by atoms with van der Waals surface area (Å²) in [5.41, 5.74) is 2.65. The number of hydrogen-bond donors (Lipinski definition) is 0. The molecular formula is C19H31N3O. The number of pyridine rings is 1. The number of aromatic nitrogens is 1. The molecule has 4 nitrogen and oxygen atoms in total. The highest BCUT2D eigenvalue weighted by atomic mass is 16.2. The lowest BCUT2D eigenvalue weighted by Gasteiger charge is -2.31. The first-order chi connectivity index (χ1) is 10.7. The van der Waals surface area contributed by atoms with Crippen LogP contribution in [0.1, 0.15) is 51.8 Å². The second kappa shape index (κ2) is 6.90. The SMILES string of the molecule is CC(=O)N1CCC(Cc2cc(C(C)(C)C)cc(N(C)C)n2)CC1. The second-order valence-corrected chi connectivity index (χ2v) is 8.00. The first-order valence-electron chi connectivity index (χ1n) is 8.61. The van der Waals surface area contributed by atoms with Crippen molar-refractivity contribution in [3.63, 3.8) is 0 Å². The number of anilines is 1. The minimum atomic E-state index is 0.125. The van der Waals surface area contributed by atoms with Gasteiger partial charge in [0.25, 0.3) is 0 Å². The number of nitrogens with zero attached hydrogens (tertiary/aromatic N) is 3. The summed E-state index contributed by atoms with van der Waals surface area (Å²) >= 11 is 0. The van der Waals surface area contributed by atoms with Crippen LogP contribution in [0.15, 0.2) is 12.1 Å². The highest BCUT2D eigenvalue weighted by Crippen LogP contribution is 2.28. The Bertz CT molecular complexity index is 552. The summed E-state index contributed by atoms with van der Waals surface area (Å²) in [6, 6.07) is 4.46. The lowest BCUT2D eigenvalue weighted by molar-refractivity contribution is -0.130. The number of carbonyl (C=O) groups excluding carboxylic acids is 1.